The molecular weight excluding hydrogens is 1010 g/mol. The first-order valence-corrected chi connectivity index (χ1v) is 37.6. The average molecular weight is 1160 g/mol. The monoisotopic (exact) mass is 1150 g/mol. The van der Waals surface area contributed by atoms with Crippen molar-refractivity contribution in [3.8, 4) is 0 Å². The van der Waals surface area contributed by atoms with Crippen LogP contribution >= 0.6 is 0 Å². The molecule has 6 nitrogen and oxygen atoms in total. The standard InChI is InChI=1S/C76H147NO5/c1-3-5-7-9-11-13-15-17-19-21-22-23-31-34-37-40-44-48-52-56-60-64-68-74(79)73(72-78)77-75(80)69-65-61-57-53-49-45-41-38-35-32-29-27-25-24-26-28-30-33-36-39-43-47-51-55-59-63-67-71-82-76(81)70-66-62-58-54-50-46-42-20-18-16-14-12-10-8-6-4-2/h14,16,20,42,73-74,78-79H,3-13,15,17-19,21-41,43-72H2,1-2H3,(H,77,80)/b16-14-,42-20-. The number of unbranched alkanes of at least 4 members (excludes halogenated alkanes) is 56. The summed E-state index contributed by atoms with van der Waals surface area (Å²) in [5.74, 6) is -0.0217. The number of nitrogens with one attached hydrogen (secondary N) is 1. The Morgan fingerprint density at radius 2 is 0.610 bits per heavy atom. The number of carbonyl (C=O) groups is 2. The molecule has 0 rings (SSSR count). The molecule has 0 aromatic rings. The van der Waals surface area contributed by atoms with Crippen molar-refractivity contribution in [3.63, 3.8) is 0 Å². The number of carbonyl (C=O) groups excluding carboxylic acids is 2. The third kappa shape index (κ3) is 67.5. The minimum atomic E-state index is -0.664. The lowest BCUT2D eigenvalue weighted by atomic mass is 10.0. The van der Waals surface area contributed by atoms with Gasteiger partial charge in [0.05, 0.1) is 25.4 Å². The van der Waals surface area contributed by atoms with Crippen LogP contribution in [0, 0.1) is 0 Å². The van der Waals surface area contributed by atoms with Crippen LogP contribution in [0.5, 0.6) is 0 Å². The van der Waals surface area contributed by atoms with Crippen LogP contribution in [0.25, 0.3) is 0 Å². The van der Waals surface area contributed by atoms with Crippen molar-refractivity contribution in [1.29, 1.82) is 0 Å². The molecule has 486 valence electrons. The summed E-state index contributed by atoms with van der Waals surface area (Å²) in [4.78, 5) is 24.6. The lowest BCUT2D eigenvalue weighted by Crippen LogP contribution is -2.45. The van der Waals surface area contributed by atoms with Crippen molar-refractivity contribution >= 4 is 11.9 Å². The van der Waals surface area contributed by atoms with E-state index in [1.54, 1.807) is 0 Å². The van der Waals surface area contributed by atoms with Crippen LogP contribution in [-0.2, 0) is 14.3 Å². The Balaban J connectivity index is 3.35. The van der Waals surface area contributed by atoms with Crippen LogP contribution in [-0.4, -0.2) is 47.4 Å². The van der Waals surface area contributed by atoms with Crippen LogP contribution in [0.15, 0.2) is 24.3 Å². The van der Waals surface area contributed by atoms with Crippen molar-refractivity contribution in [2.45, 2.75) is 437 Å². The molecule has 0 radical (unpaired) electrons. The van der Waals surface area contributed by atoms with E-state index < -0.39 is 12.1 Å². The van der Waals surface area contributed by atoms with E-state index in [0.29, 0.717) is 25.9 Å². The van der Waals surface area contributed by atoms with Crippen LogP contribution < -0.4 is 5.32 Å². The largest absolute Gasteiger partial charge is 0.466 e. The Hall–Kier alpha value is -1.66. The maximum atomic E-state index is 12.6. The quantitative estimate of drug-likeness (QED) is 0.0320. The molecule has 0 fully saturated rings. The summed E-state index contributed by atoms with van der Waals surface area (Å²) < 4.78 is 5.49. The summed E-state index contributed by atoms with van der Waals surface area (Å²) in [6.07, 6.45) is 91.0. The van der Waals surface area contributed by atoms with E-state index >= 15 is 0 Å². The SMILES string of the molecule is CCCCCC/C=C\C/C=C\CCCCCCCC(=O)OCCCCCCCCCCCCCCCCCCCCCCCCCCCCCC(=O)NC(CO)C(O)CCCCCCCCCCCCCCCCCCCCCCCC. The van der Waals surface area contributed by atoms with E-state index in [2.05, 4.69) is 43.5 Å². The molecule has 0 aromatic heterocycles. The first-order valence-electron chi connectivity index (χ1n) is 37.6. The smallest absolute Gasteiger partial charge is 0.305 e. The molecule has 0 aliphatic rings. The molecular formula is C76H147NO5. The molecule has 0 saturated carbocycles. The normalized spacial score (nSPS) is 12.6. The molecule has 0 aliphatic carbocycles. The number of esters is 1. The van der Waals surface area contributed by atoms with Gasteiger partial charge in [-0.05, 0) is 57.8 Å². The highest BCUT2D eigenvalue weighted by Crippen LogP contribution is 2.20. The maximum Gasteiger partial charge on any atom is 0.305 e. The van der Waals surface area contributed by atoms with Crippen LogP contribution in [0.1, 0.15) is 425 Å². The zero-order valence-corrected chi connectivity index (χ0v) is 55.8. The Morgan fingerprint density at radius 1 is 0.341 bits per heavy atom. The van der Waals surface area contributed by atoms with Gasteiger partial charge in [0.1, 0.15) is 0 Å². The molecule has 0 bridgehead atoms. The topological polar surface area (TPSA) is 95.9 Å². The molecule has 0 aromatic carbocycles. The number of rotatable bonds is 71. The first kappa shape index (κ1) is 80.3. The number of hydrogen-bond acceptors (Lipinski definition) is 5. The summed E-state index contributed by atoms with van der Waals surface area (Å²) in [5.41, 5.74) is 0. The van der Waals surface area contributed by atoms with Gasteiger partial charge in [-0.3, -0.25) is 9.59 Å². The second-order valence-electron chi connectivity index (χ2n) is 26.0. The number of amides is 1. The lowest BCUT2D eigenvalue weighted by molar-refractivity contribution is -0.143. The van der Waals surface area contributed by atoms with E-state index in [0.717, 1.165) is 51.4 Å². The highest BCUT2D eigenvalue weighted by Gasteiger charge is 2.20. The van der Waals surface area contributed by atoms with Crippen molar-refractivity contribution in [2.24, 2.45) is 0 Å². The van der Waals surface area contributed by atoms with Gasteiger partial charge in [0, 0.05) is 12.8 Å². The fourth-order valence-electron chi connectivity index (χ4n) is 12.0. The van der Waals surface area contributed by atoms with E-state index in [4.69, 9.17) is 4.74 Å². The van der Waals surface area contributed by atoms with Gasteiger partial charge < -0.3 is 20.3 Å². The predicted octanol–water partition coefficient (Wildman–Crippen LogP) is 24.5. The van der Waals surface area contributed by atoms with Crippen LogP contribution in [0.2, 0.25) is 0 Å². The molecule has 2 unspecified atom stereocenters. The van der Waals surface area contributed by atoms with E-state index in [9.17, 15) is 19.8 Å². The summed E-state index contributed by atoms with van der Waals surface area (Å²) >= 11 is 0. The van der Waals surface area contributed by atoms with E-state index in [1.807, 2.05) is 0 Å². The van der Waals surface area contributed by atoms with Gasteiger partial charge in [-0.2, -0.15) is 0 Å². The van der Waals surface area contributed by atoms with Gasteiger partial charge in [0.2, 0.25) is 5.91 Å². The second kappa shape index (κ2) is 71.8. The van der Waals surface area contributed by atoms with Crippen molar-refractivity contribution < 1.29 is 24.5 Å². The van der Waals surface area contributed by atoms with E-state index in [1.165, 1.54) is 340 Å². The van der Waals surface area contributed by atoms with Gasteiger partial charge in [0.15, 0.2) is 0 Å². The fourth-order valence-corrected chi connectivity index (χ4v) is 12.0. The third-order valence-electron chi connectivity index (χ3n) is 17.8. The molecule has 0 aliphatic heterocycles. The Morgan fingerprint density at radius 3 is 0.939 bits per heavy atom. The molecule has 3 N–H and O–H groups in total. The van der Waals surface area contributed by atoms with Crippen molar-refractivity contribution in [3.05, 3.63) is 24.3 Å². The molecule has 82 heavy (non-hydrogen) atoms. The number of ether oxygens (including phenoxy) is 1. The molecule has 2 atom stereocenters. The minimum absolute atomic E-state index is 0.00558. The number of aliphatic hydroxyl groups excluding tert-OH is 2. The minimum Gasteiger partial charge on any atom is -0.466 e. The number of aliphatic hydroxyl groups is 2. The molecule has 0 spiro atoms. The fraction of sp³-hybridized carbons (Fsp3) is 0.921. The van der Waals surface area contributed by atoms with Crippen LogP contribution in [0.3, 0.4) is 0 Å². The van der Waals surface area contributed by atoms with Crippen LogP contribution in [0.4, 0.5) is 0 Å². The zero-order valence-electron chi connectivity index (χ0n) is 55.8. The molecule has 1 amide bonds. The Bertz CT molecular complexity index is 1280. The van der Waals surface area contributed by atoms with E-state index in [-0.39, 0.29) is 18.5 Å². The summed E-state index contributed by atoms with van der Waals surface area (Å²) in [7, 11) is 0. The van der Waals surface area contributed by atoms with Crippen molar-refractivity contribution in [1.82, 2.24) is 5.32 Å². The molecule has 0 heterocycles. The summed E-state index contributed by atoms with van der Waals surface area (Å²) in [6, 6.07) is -0.540. The summed E-state index contributed by atoms with van der Waals surface area (Å²) in [5, 5.41) is 23.5. The first-order chi connectivity index (χ1) is 40.5. The molecule has 0 saturated heterocycles. The number of hydrogen-bond donors (Lipinski definition) is 3. The predicted molar refractivity (Wildman–Crippen MR) is 361 cm³/mol. The average Bonchev–Trinajstić information content (AvgIpc) is 3.48. The Labute approximate surface area is 513 Å². The van der Waals surface area contributed by atoms with Gasteiger partial charge >= 0.3 is 5.97 Å². The highest BCUT2D eigenvalue weighted by molar-refractivity contribution is 5.76. The van der Waals surface area contributed by atoms with Gasteiger partial charge in [-0.15, -0.1) is 0 Å². The Kier molecular flexibility index (Phi) is 70.4. The maximum absolute atomic E-state index is 12.6. The lowest BCUT2D eigenvalue weighted by Gasteiger charge is -2.22. The van der Waals surface area contributed by atoms with Gasteiger partial charge in [-0.1, -0.05) is 378 Å². The van der Waals surface area contributed by atoms with Crippen molar-refractivity contribution in [2.75, 3.05) is 13.2 Å². The molecule has 6 heteroatoms. The third-order valence-corrected chi connectivity index (χ3v) is 17.8. The zero-order chi connectivity index (χ0) is 59.2. The van der Waals surface area contributed by atoms with Gasteiger partial charge in [-0.25, -0.2) is 0 Å². The second-order valence-corrected chi connectivity index (χ2v) is 26.0. The summed E-state index contributed by atoms with van der Waals surface area (Å²) in [6.45, 7) is 4.98. The van der Waals surface area contributed by atoms with Gasteiger partial charge in [0.25, 0.3) is 0 Å². The number of allylic oxidation sites excluding steroid dienone is 4. The highest BCUT2D eigenvalue weighted by atomic mass is 16.5.